The minimum absolute atomic E-state index is 0.314. The highest BCUT2D eigenvalue weighted by molar-refractivity contribution is 6.09. The molecule has 0 aliphatic heterocycles. The summed E-state index contributed by atoms with van der Waals surface area (Å²) in [7, 11) is 0. The number of hydrogen-bond donors (Lipinski definition) is 0. The monoisotopic (exact) mass is 649 g/mol. The topological polar surface area (TPSA) is 4.93 Å². The number of hydrogen-bond acceptors (Lipinski definition) is 0. The van der Waals surface area contributed by atoms with Crippen molar-refractivity contribution in [3.8, 4) is 50.2 Å². The minimum atomic E-state index is 0.314. The summed E-state index contributed by atoms with van der Waals surface area (Å²) < 4.78 is 2.44. The molecular formula is C50H35N. The van der Waals surface area contributed by atoms with E-state index in [0.717, 1.165) is 6.42 Å². The second-order valence-corrected chi connectivity index (χ2v) is 13.7. The number of fused-ring (bicyclic) bond motifs is 6. The molecule has 0 unspecified atom stereocenters. The molecule has 0 saturated carbocycles. The maximum atomic E-state index is 2.44. The van der Waals surface area contributed by atoms with Crippen molar-refractivity contribution in [3.05, 3.63) is 211 Å². The van der Waals surface area contributed by atoms with Crippen molar-refractivity contribution >= 4 is 21.8 Å². The maximum absolute atomic E-state index is 2.44. The highest BCUT2D eigenvalue weighted by Gasteiger charge is 2.28. The third kappa shape index (κ3) is 5.01. The van der Waals surface area contributed by atoms with Gasteiger partial charge in [0.1, 0.15) is 0 Å². The molecule has 0 spiro atoms. The quantitative estimate of drug-likeness (QED) is 0.169. The molecule has 10 rings (SSSR count). The minimum Gasteiger partial charge on any atom is -0.309 e. The van der Waals surface area contributed by atoms with Crippen molar-refractivity contribution in [1.29, 1.82) is 0 Å². The lowest BCUT2D eigenvalue weighted by atomic mass is 9.87. The fraction of sp³-hybridized carbons (Fsp3) is 0.0400. The van der Waals surface area contributed by atoms with Crippen molar-refractivity contribution in [2.75, 3.05) is 0 Å². The zero-order valence-corrected chi connectivity index (χ0v) is 28.2. The summed E-state index contributed by atoms with van der Waals surface area (Å²) in [6.45, 7) is 0. The van der Waals surface area contributed by atoms with Gasteiger partial charge in [-0.25, -0.2) is 0 Å². The van der Waals surface area contributed by atoms with E-state index in [0.29, 0.717) is 5.92 Å². The molecular weight excluding hydrogens is 615 g/mol. The summed E-state index contributed by atoms with van der Waals surface area (Å²) in [6.07, 6.45) is 0.937. The van der Waals surface area contributed by atoms with Gasteiger partial charge in [0.2, 0.25) is 0 Å². The Kier molecular flexibility index (Phi) is 7.03. The van der Waals surface area contributed by atoms with Crippen LogP contribution >= 0.6 is 0 Å². The van der Waals surface area contributed by atoms with Crippen molar-refractivity contribution in [3.63, 3.8) is 0 Å². The van der Waals surface area contributed by atoms with Gasteiger partial charge in [-0.1, -0.05) is 164 Å². The van der Waals surface area contributed by atoms with E-state index in [2.05, 4.69) is 199 Å². The molecule has 1 aliphatic rings. The van der Waals surface area contributed by atoms with Gasteiger partial charge in [-0.3, -0.25) is 0 Å². The zero-order chi connectivity index (χ0) is 33.7. The molecule has 0 atom stereocenters. The molecule has 240 valence electrons. The third-order valence-corrected chi connectivity index (χ3v) is 10.7. The molecule has 1 heterocycles. The first kappa shape index (κ1) is 29.5. The van der Waals surface area contributed by atoms with E-state index in [1.54, 1.807) is 0 Å². The zero-order valence-electron chi connectivity index (χ0n) is 28.2. The Hall–Kier alpha value is -6.44. The summed E-state index contributed by atoms with van der Waals surface area (Å²) >= 11 is 0. The van der Waals surface area contributed by atoms with E-state index in [9.17, 15) is 0 Å². The molecule has 0 fully saturated rings. The van der Waals surface area contributed by atoms with Crippen LogP contribution in [0.2, 0.25) is 0 Å². The van der Waals surface area contributed by atoms with Crippen LogP contribution < -0.4 is 0 Å². The first-order chi connectivity index (χ1) is 25.3. The Bertz CT molecular complexity index is 2620. The Morgan fingerprint density at radius 2 is 0.863 bits per heavy atom. The second-order valence-electron chi connectivity index (χ2n) is 13.7. The molecule has 8 aromatic carbocycles. The van der Waals surface area contributed by atoms with Crippen LogP contribution in [-0.4, -0.2) is 4.57 Å². The average Bonchev–Trinajstić information content (AvgIpc) is 3.71. The van der Waals surface area contributed by atoms with Gasteiger partial charge in [0.25, 0.3) is 0 Å². The summed E-state index contributed by atoms with van der Waals surface area (Å²) in [5.74, 6) is 0.314. The molecule has 9 aromatic rings. The largest absolute Gasteiger partial charge is 0.309 e. The normalized spacial score (nSPS) is 12.3. The van der Waals surface area contributed by atoms with Crippen LogP contribution in [0.5, 0.6) is 0 Å². The van der Waals surface area contributed by atoms with Crippen LogP contribution in [0.4, 0.5) is 0 Å². The van der Waals surface area contributed by atoms with Crippen LogP contribution in [0.1, 0.15) is 22.6 Å². The average molecular weight is 650 g/mol. The van der Waals surface area contributed by atoms with Gasteiger partial charge < -0.3 is 4.57 Å². The summed E-state index contributed by atoms with van der Waals surface area (Å²) in [6, 6.07) is 71.4. The van der Waals surface area contributed by atoms with Gasteiger partial charge in [0.15, 0.2) is 0 Å². The van der Waals surface area contributed by atoms with E-state index in [1.807, 2.05) is 0 Å². The van der Waals surface area contributed by atoms with E-state index < -0.39 is 0 Å². The Labute approximate surface area is 298 Å². The first-order valence-electron chi connectivity index (χ1n) is 17.9. The SMILES string of the molecule is c1ccc(-c2cc(CC3c4ccccc4-c4ccccc43)cc(-c3ccc(-n4c5ccccc5c5ccccc54)c(-c4ccccc4)c3)c2)cc1. The molecule has 1 nitrogen and oxygen atoms in total. The van der Waals surface area contributed by atoms with Gasteiger partial charge in [0.05, 0.1) is 16.7 Å². The fourth-order valence-electron chi connectivity index (χ4n) is 8.43. The molecule has 1 aromatic heterocycles. The number of benzene rings is 8. The molecule has 1 aliphatic carbocycles. The number of para-hydroxylation sites is 2. The lowest BCUT2D eigenvalue weighted by Gasteiger charge is -2.18. The molecule has 0 N–H and O–H groups in total. The van der Waals surface area contributed by atoms with Crippen LogP contribution in [-0.2, 0) is 6.42 Å². The van der Waals surface area contributed by atoms with Gasteiger partial charge in [-0.2, -0.15) is 0 Å². The summed E-state index contributed by atoms with van der Waals surface area (Å²) in [5.41, 5.74) is 17.9. The van der Waals surface area contributed by atoms with Crippen LogP contribution in [0.3, 0.4) is 0 Å². The van der Waals surface area contributed by atoms with E-state index in [4.69, 9.17) is 0 Å². The van der Waals surface area contributed by atoms with Crippen LogP contribution in [0.15, 0.2) is 194 Å². The molecule has 0 bridgehead atoms. The first-order valence-corrected chi connectivity index (χ1v) is 17.9. The highest BCUT2D eigenvalue weighted by atomic mass is 15.0. The third-order valence-electron chi connectivity index (χ3n) is 10.7. The lowest BCUT2D eigenvalue weighted by molar-refractivity contribution is 0.827. The van der Waals surface area contributed by atoms with E-state index >= 15 is 0 Å². The predicted molar refractivity (Wildman–Crippen MR) is 215 cm³/mol. The molecule has 1 heteroatoms. The van der Waals surface area contributed by atoms with Crippen molar-refractivity contribution in [2.45, 2.75) is 12.3 Å². The fourth-order valence-corrected chi connectivity index (χ4v) is 8.43. The van der Waals surface area contributed by atoms with Crippen molar-refractivity contribution in [1.82, 2.24) is 4.57 Å². The lowest BCUT2D eigenvalue weighted by Crippen LogP contribution is -2.02. The summed E-state index contributed by atoms with van der Waals surface area (Å²) in [5, 5.41) is 2.54. The number of rotatable bonds is 6. The van der Waals surface area contributed by atoms with Gasteiger partial charge in [0, 0.05) is 22.3 Å². The summed E-state index contributed by atoms with van der Waals surface area (Å²) in [4.78, 5) is 0. The highest BCUT2D eigenvalue weighted by Crippen LogP contribution is 2.47. The maximum Gasteiger partial charge on any atom is 0.0541 e. The van der Waals surface area contributed by atoms with Gasteiger partial charge in [-0.15, -0.1) is 0 Å². The second kappa shape index (κ2) is 12.2. The Morgan fingerprint density at radius 1 is 0.353 bits per heavy atom. The molecule has 0 saturated heterocycles. The van der Waals surface area contributed by atoms with Gasteiger partial charge in [-0.05, 0) is 92.4 Å². The molecule has 0 amide bonds. The molecule has 0 radical (unpaired) electrons. The van der Waals surface area contributed by atoms with E-state index in [1.165, 1.54) is 88.7 Å². The van der Waals surface area contributed by atoms with Gasteiger partial charge >= 0.3 is 0 Å². The molecule has 51 heavy (non-hydrogen) atoms. The van der Waals surface area contributed by atoms with Crippen molar-refractivity contribution in [2.24, 2.45) is 0 Å². The standard InChI is InChI=1S/C50H35N/c1-3-15-35(16-4-1)38-29-34(31-47-42-21-9-7-19-40(42)41-20-8-10-22-43(41)47)30-39(32-38)37-27-28-50(46(33-37)36-17-5-2-6-18-36)51-48-25-13-11-23-44(48)45-24-12-14-26-49(45)51/h1-30,32-33,47H,31H2. The Morgan fingerprint density at radius 3 is 1.49 bits per heavy atom. The predicted octanol–water partition coefficient (Wildman–Crippen LogP) is 13.1. The van der Waals surface area contributed by atoms with Crippen LogP contribution in [0, 0.1) is 0 Å². The van der Waals surface area contributed by atoms with Crippen molar-refractivity contribution < 1.29 is 0 Å². The Balaban J connectivity index is 1.16. The van der Waals surface area contributed by atoms with Crippen LogP contribution in [0.25, 0.3) is 72.0 Å². The van der Waals surface area contributed by atoms with E-state index in [-0.39, 0.29) is 0 Å². The number of aromatic nitrogens is 1. The smallest absolute Gasteiger partial charge is 0.0541 e. The number of nitrogens with zero attached hydrogens (tertiary/aromatic N) is 1.